The molecule has 0 atom stereocenters. The van der Waals surface area contributed by atoms with Crippen molar-refractivity contribution >= 4 is 5.97 Å². The molecule has 0 amide bonds. The first-order chi connectivity index (χ1) is 15.2. The first-order valence-electron chi connectivity index (χ1n) is 13.2. The molecule has 31 heavy (non-hydrogen) atoms. The first kappa shape index (κ1) is 27.5. The summed E-state index contributed by atoms with van der Waals surface area (Å²) in [5.74, 6) is 0.515. The SMILES string of the molecule is CCCCCCCCCCCCCCCC(=O)Oc1cc(O)ccc1CCCCCC. The summed E-state index contributed by atoms with van der Waals surface area (Å²) in [6.07, 6.45) is 22.9. The second kappa shape index (κ2) is 19.2. The van der Waals surface area contributed by atoms with E-state index in [1.165, 1.54) is 89.9 Å². The number of hydrogen-bond acceptors (Lipinski definition) is 3. The predicted molar refractivity (Wildman–Crippen MR) is 132 cm³/mol. The minimum atomic E-state index is -0.177. The lowest BCUT2D eigenvalue weighted by atomic mass is 10.0. The Morgan fingerprint density at radius 3 is 1.74 bits per heavy atom. The second-order valence-corrected chi connectivity index (χ2v) is 9.07. The van der Waals surface area contributed by atoms with E-state index in [9.17, 15) is 9.90 Å². The highest BCUT2D eigenvalue weighted by Crippen LogP contribution is 2.26. The number of aromatic hydroxyl groups is 1. The van der Waals surface area contributed by atoms with Gasteiger partial charge >= 0.3 is 5.97 Å². The van der Waals surface area contributed by atoms with Crippen molar-refractivity contribution in [3.63, 3.8) is 0 Å². The lowest BCUT2D eigenvalue weighted by Crippen LogP contribution is -2.09. The maximum Gasteiger partial charge on any atom is 0.311 e. The fourth-order valence-corrected chi connectivity index (χ4v) is 4.05. The van der Waals surface area contributed by atoms with Gasteiger partial charge in [0.25, 0.3) is 0 Å². The maximum atomic E-state index is 12.2. The summed E-state index contributed by atoms with van der Waals surface area (Å²) < 4.78 is 5.59. The number of phenolic OH excluding ortho intramolecular Hbond substituents is 1. The number of rotatable bonds is 20. The zero-order valence-corrected chi connectivity index (χ0v) is 20.4. The van der Waals surface area contributed by atoms with Gasteiger partial charge in [-0.25, -0.2) is 0 Å². The van der Waals surface area contributed by atoms with Gasteiger partial charge in [0.2, 0.25) is 0 Å². The molecule has 0 aromatic heterocycles. The van der Waals surface area contributed by atoms with Crippen molar-refractivity contribution in [2.45, 2.75) is 136 Å². The molecule has 178 valence electrons. The van der Waals surface area contributed by atoms with E-state index in [2.05, 4.69) is 13.8 Å². The highest BCUT2D eigenvalue weighted by atomic mass is 16.5. The number of benzene rings is 1. The normalized spacial score (nSPS) is 11.0. The van der Waals surface area contributed by atoms with Crippen molar-refractivity contribution in [2.75, 3.05) is 0 Å². The molecule has 0 aliphatic carbocycles. The summed E-state index contributed by atoms with van der Waals surface area (Å²) in [5, 5.41) is 9.77. The molecule has 3 nitrogen and oxygen atoms in total. The molecule has 0 spiro atoms. The maximum absolute atomic E-state index is 12.2. The van der Waals surface area contributed by atoms with E-state index in [1.807, 2.05) is 6.07 Å². The Hall–Kier alpha value is -1.51. The Labute approximate surface area is 192 Å². The topological polar surface area (TPSA) is 46.5 Å². The molecular weight excluding hydrogens is 384 g/mol. The van der Waals surface area contributed by atoms with E-state index in [1.54, 1.807) is 12.1 Å². The van der Waals surface area contributed by atoms with Crippen LogP contribution >= 0.6 is 0 Å². The highest BCUT2D eigenvalue weighted by molar-refractivity contribution is 5.73. The smallest absolute Gasteiger partial charge is 0.311 e. The number of phenols is 1. The van der Waals surface area contributed by atoms with Crippen molar-refractivity contribution in [2.24, 2.45) is 0 Å². The van der Waals surface area contributed by atoms with E-state index < -0.39 is 0 Å². The van der Waals surface area contributed by atoms with Crippen LogP contribution in [0.5, 0.6) is 11.5 Å². The van der Waals surface area contributed by atoms with Crippen LogP contribution in [0.4, 0.5) is 0 Å². The van der Waals surface area contributed by atoms with Crippen LogP contribution in [-0.2, 0) is 11.2 Å². The molecule has 1 aromatic carbocycles. The standard InChI is InChI=1S/C28H48O3/c1-3-5-7-9-10-11-12-13-14-15-16-17-19-21-28(30)31-27-24-26(29)23-22-25(27)20-18-8-6-4-2/h22-24,29H,3-21H2,1-2H3. The van der Waals surface area contributed by atoms with E-state index in [0.29, 0.717) is 12.2 Å². The van der Waals surface area contributed by atoms with Gasteiger partial charge < -0.3 is 9.84 Å². The molecule has 1 aromatic rings. The van der Waals surface area contributed by atoms with Crippen LogP contribution in [0, 0.1) is 0 Å². The molecule has 0 saturated carbocycles. The van der Waals surface area contributed by atoms with Crippen LogP contribution in [0.1, 0.15) is 135 Å². The Balaban J connectivity index is 2.09. The van der Waals surface area contributed by atoms with Crippen molar-refractivity contribution in [1.29, 1.82) is 0 Å². The zero-order chi connectivity index (χ0) is 22.6. The van der Waals surface area contributed by atoms with Gasteiger partial charge in [0, 0.05) is 12.5 Å². The zero-order valence-electron chi connectivity index (χ0n) is 20.4. The van der Waals surface area contributed by atoms with Crippen molar-refractivity contribution in [3.05, 3.63) is 23.8 Å². The number of carbonyl (C=O) groups is 1. The van der Waals surface area contributed by atoms with Crippen molar-refractivity contribution < 1.29 is 14.6 Å². The van der Waals surface area contributed by atoms with E-state index >= 15 is 0 Å². The molecule has 0 fully saturated rings. The molecule has 1 rings (SSSR count). The summed E-state index contributed by atoms with van der Waals surface area (Å²) in [7, 11) is 0. The third-order valence-electron chi connectivity index (χ3n) is 6.06. The van der Waals surface area contributed by atoms with E-state index in [-0.39, 0.29) is 11.7 Å². The Morgan fingerprint density at radius 1 is 0.710 bits per heavy atom. The second-order valence-electron chi connectivity index (χ2n) is 9.07. The summed E-state index contributed by atoms with van der Waals surface area (Å²) in [5.41, 5.74) is 1.02. The first-order valence-corrected chi connectivity index (χ1v) is 13.2. The van der Waals surface area contributed by atoms with Gasteiger partial charge in [-0.15, -0.1) is 0 Å². The Bertz CT molecular complexity index is 567. The fraction of sp³-hybridized carbons (Fsp3) is 0.750. The lowest BCUT2D eigenvalue weighted by Gasteiger charge is -2.11. The number of unbranched alkanes of at least 4 members (excludes halogenated alkanes) is 15. The molecule has 0 radical (unpaired) electrons. The monoisotopic (exact) mass is 432 g/mol. The largest absolute Gasteiger partial charge is 0.508 e. The van der Waals surface area contributed by atoms with Gasteiger partial charge in [-0.3, -0.25) is 4.79 Å². The molecule has 3 heteroatoms. The summed E-state index contributed by atoms with van der Waals surface area (Å²) in [4.78, 5) is 12.2. The highest BCUT2D eigenvalue weighted by Gasteiger charge is 2.10. The van der Waals surface area contributed by atoms with E-state index in [0.717, 1.165) is 31.2 Å². The lowest BCUT2D eigenvalue weighted by molar-refractivity contribution is -0.134. The van der Waals surface area contributed by atoms with Crippen LogP contribution in [0.3, 0.4) is 0 Å². The average Bonchev–Trinajstić information content (AvgIpc) is 2.76. The van der Waals surface area contributed by atoms with Gasteiger partial charge in [-0.05, 0) is 30.9 Å². The molecule has 0 saturated heterocycles. The summed E-state index contributed by atoms with van der Waals surface area (Å²) in [6, 6.07) is 5.14. The van der Waals surface area contributed by atoms with Crippen LogP contribution < -0.4 is 4.74 Å². The minimum absolute atomic E-state index is 0.154. The molecule has 0 aliphatic rings. The van der Waals surface area contributed by atoms with Gasteiger partial charge in [0.1, 0.15) is 11.5 Å². The number of ether oxygens (including phenoxy) is 1. The van der Waals surface area contributed by atoms with E-state index in [4.69, 9.17) is 4.74 Å². The molecule has 0 heterocycles. The third kappa shape index (κ3) is 15.0. The van der Waals surface area contributed by atoms with Gasteiger partial charge in [-0.1, -0.05) is 116 Å². The molecule has 0 unspecified atom stereocenters. The average molecular weight is 433 g/mol. The number of esters is 1. The Morgan fingerprint density at radius 2 is 1.19 bits per heavy atom. The van der Waals surface area contributed by atoms with Gasteiger partial charge in [0.15, 0.2) is 0 Å². The molecular formula is C28H48O3. The van der Waals surface area contributed by atoms with Crippen molar-refractivity contribution in [3.8, 4) is 11.5 Å². The predicted octanol–water partition coefficient (Wildman–Crippen LogP) is 8.90. The molecule has 0 bridgehead atoms. The number of carbonyl (C=O) groups excluding carboxylic acids is 1. The number of hydrogen-bond donors (Lipinski definition) is 1. The third-order valence-corrected chi connectivity index (χ3v) is 6.06. The van der Waals surface area contributed by atoms with Crippen LogP contribution in [-0.4, -0.2) is 11.1 Å². The van der Waals surface area contributed by atoms with Crippen LogP contribution in [0.2, 0.25) is 0 Å². The van der Waals surface area contributed by atoms with Gasteiger partial charge in [-0.2, -0.15) is 0 Å². The number of aryl methyl sites for hydroxylation is 1. The van der Waals surface area contributed by atoms with Crippen LogP contribution in [0.25, 0.3) is 0 Å². The quantitative estimate of drug-likeness (QED) is 0.127. The molecule has 0 aliphatic heterocycles. The van der Waals surface area contributed by atoms with Gasteiger partial charge in [0.05, 0.1) is 0 Å². The van der Waals surface area contributed by atoms with Crippen LogP contribution in [0.15, 0.2) is 18.2 Å². The van der Waals surface area contributed by atoms with Crippen molar-refractivity contribution in [1.82, 2.24) is 0 Å². The Kier molecular flexibility index (Phi) is 17.0. The summed E-state index contributed by atoms with van der Waals surface area (Å²) >= 11 is 0. The molecule has 1 N–H and O–H groups in total. The summed E-state index contributed by atoms with van der Waals surface area (Å²) in [6.45, 7) is 4.47. The fourth-order valence-electron chi connectivity index (χ4n) is 4.05. The minimum Gasteiger partial charge on any atom is -0.508 e.